The van der Waals surface area contributed by atoms with Crippen molar-refractivity contribution in [3.8, 4) is 17.0 Å². The van der Waals surface area contributed by atoms with E-state index in [1.807, 2.05) is 47.1 Å². The van der Waals surface area contributed by atoms with Gasteiger partial charge in [-0.1, -0.05) is 35.9 Å². The van der Waals surface area contributed by atoms with E-state index in [1.54, 1.807) is 30.3 Å². The number of benzene rings is 2. The Morgan fingerprint density at radius 3 is 2.68 bits per heavy atom. The monoisotopic (exact) mass is 392 g/mol. The van der Waals surface area contributed by atoms with Gasteiger partial charge < -0.3 is 20.2 Å². The fraction of sp³-hybridized carbons (Fsp3) is 0.0476. The molecule has 0 radical (unpaired) electrons. The van der Waals surface area contributed by atoms with Gasteiger partial charge in [0.1, 0.15) is 0 Å². The van der Waals surface area contributed by atoms with Crippen LogP contribution >= 0.6 is 11.6 Å². The summed E-state index contributed by atoms with van der Waals surface area (Å²) in [7, 11) is 0. The third-order valence-electron chi connectivity index (χ3n) is 4.16. The average Bonchev–Trinajstić information content (AvgIpc) is 3.13. The summed E-state index contributed by atoms with van der Waals surface area (Å²) in [5.74, 6) is 0.207. The predicted molar refractivity (Wildman–Crippen MR) is 111 cm³/mol. The van der Waals surface area contributed by atoms with E-state index in [-0.39, 0.29) is 12.5 Å². The van der Waals surface area contributed by atoms with Gasteiger partial charge in [0.15, 0.2) is 18.0 Å². The number of carbonyl (C=O) groups excluding carboxylic acids is 1. The molecule has 2 aromatic heterocycles. The predicted octanol–water partition coefficient (Wildman–Crippen LogP) is 4.25. The molecule has 4 aromatic rings. The van der Waals surface area contributed by atoms with Gasteiger partial charge in [-0.25, -0.2) is 4.98 Å². The molecule has 0 unspecified atom stereocenters. The van der Waals surface area contributed by atoms with E-state index in [2.05, 4.69) is 10.3 Å². The van der Waals surface area contributed by atoms with Gasteiger partial charge in [0.2, 0.25) is 0 Å². The number of nitrogen functional groups attached to an aromatic ring is 1. The number of ether oxygens (including phenoxy) is 1. The van der Waals surface area contributed by atoms with Crippen LogP contribution < -0.4 is 15.8 Å². The summed E-state index contributed by atoms with van der Waals surface area (Å²) in [4.78, 5) is 16.8. The maximum absolute atomic E-state index is 12.2. The molecule has 28 heavy (non-hydrogen) atoms. The number of pyridine rings is 1. The Morgan fingerprint density at radius 1 is 1.11 bits per heavy atom. The summed E-state index contributed by atoms with van der Waals surface area (Å²) in [5.41, 5.74) is 9.34. The number of imidazole rings is 1. The second-order valence-electron chi connectivity index (χ2n) is 6.17. The number of hydrogen-bond acceptors (Lipinski definition) is 4. The number of nitrogens with one attached hydrogen (secondary N) is 1. The Bertz CT molecular complexity index is 1140. The van der Waals surface area contributed by atoms with Gasteiger partial charge in [-0.3, -0.25) is 4.79 Å². The number of nitrogens with two attached hydrogens (primary N) is 1. The minimum atomic E-state index is -0.305. The van der Waals surface area contributed by atoms with Crippen LogP contribution in [0.5, 0.6) is 5.75 Å². The number of anilines is 2. The van der Waals surface area contributed by atoms with E-state index in [9.17, 15) is 4.79 Å². The lowest BCUT2D eigenvalue weighted by atomic mass is 10.1. The van der Waals surface area contributed by atoms with E-state index in [0.717, 1.165) is 11.3 Å². The van der Waals surface area contributed by atoms with Crippen molar-refractivity contribution in [1.29, 1.82) is 0 Å². The summed E-state index contributed by atoms with van der Waals surface area (Å²) in [5, 5.41) is 3.20. The summed E-state index contributed by atoms with van der Waals surface area (Å²) >= 11 is 6.06. The first-order chi connectivity index (χ1) is 13.6. The van der Waals surface area contributed by atoms with Crippen LogP contribution in [-0.2, 0) is 4.79 Å². The number of aromatic nitrogens is 2. The van der Waals surface area contributed by atoms with E-state index in [0.29, 0.717) is 27.8 Å². The number of hydrogen-bond donors (Lipinski definition) is 2. The highest BCUT2D eigenvalue weighted by atomic mass is 35.5. The first kappa shape index (κ1) is 17.9. The lowest BCUT2D eigenvalue weighted by Gasteiger charge is -2.09. The second kappa shape index (κ2) is 7.62. The van der Waals surface area contributed by atoms with Gasteiger partial charge >= 0.3 is 0 Å². The quantitative estimate of drug-likeness (QED) is 0.497. The Hall–Kier alpha value is -3.51. The molecular formula is C21H17ClN4O2. The van der Waals surface area contributed by atoms with Crippen LogP contribution in [-0.4, -0.2) is 21.9 Å². The molecule has 0 saturated heterocycles. The smallest absolute Gasteiger partial charge is 0.262 e. The lowest BCUT2D eigenvalue weighted by Crippen LogP contribution is -2.20. The number of para-hydroxylation sites is 1. The molecule has 7 heteroatoms. The highest BCUT2D eigenvalue weighted by Crippen LogP contribution is 2.25. The Kier molecular flexibility index (Phi) is 4.87. The van der Waals surface area contributed by atoms with Gasteiger partial charge in [0.25, 0.3) is 5.91 Å². The van der Waals surface area contributed by atoms with Crippen LogP contribution in [0, 0.1) is 0 Å². The number of amides is 1. The molecule has 140 valence electrons. The highest BCUT2D eigenvalue weighted by Gasteiger charge is 2.11. The molecule has 3 N–H and O–H groups in total. The van der Waals surface area contributed by atoms with Crippen molar-refractivity contribution < 1.29 is 9.53 Å². The van der Waals surface area contributed by atoms with Gasteiger partial charge in [-0.2, -0.15) is 0 Å². The van der Waals surface area contributed by atoms with Crippen molar-refractivity contribution in [2.24, 2.45) is 0 Å². The molecule has 0 saturated carbocycles. The van der Waals surface area contributed by atoms with E-state index in [1.165, 1.54) is 0 Å². The van der Waals surface area contributed by atoms with Crippen molar-refractivity contribution in [2.45, 2.75) is 0 Å². The second-order valence-corrected chi connectivity index (χ2v) is 6.58. The van der Waals surface area contributed by atoms with Crippen LogP contribution in [0.2, 0.25) is 5.02 Å². The lowest BCUT2D eigenvalue weighted by molar-refractivity contribution is -0.118. The molecular weight excluding hydrogens is 376 g/mol. The molecule has 6 nitrogen and oxygen atoms in total. The standard InChI is InChI=1S/C21H17ClN4O2/c22-16-4-1-2-5-17(16)24-20(27)13-28-19-6-3-11-26-12-18(25-21(19)26)14-7-9-15(23)10-8-14/h1-12H,13,23H2,(H,24,27). The van der Waals surface area contributed by atoms with Crippen molar-refractivity contribution in [2.75, 3.05) is 17.7 Å². The maximum Gasteiger partial charge on any atom is 0.262 e. The summed E-state index contributed by atoms with van der Waals surface area (Å²) < 4.78 is 7.56. The molecule has 0 aliphatic rings. The summed E-state index contributed by atoms with van der Waals surface area (Å²) in [6.45, 7) is -0.158. The van der Waals surface area contributed by atoms with Gasteiger partial charge in [0, 0.05) is 23.6 Å². The highest BCUT2D eigenvalue weighted by molar-refractivity contribution is 6.33. The average molecular weight is 393 g/mol. The third kappa shape index (κ3) is 3.77. The SMILES string of the molecule is Nc1ccc(-c2cn3cccc(OCC(=O)Nc4ccccc4Cl)c3n2)cc1. The first-order valence-corrected chi connectivity index (χ1v) is 8.99. The molecule has 0 fully saturated rings. The Morgan fingerprint density at radius 2 is 1.89 bits per heavy atom. The molecule has 2 aromatic carbocycles. The number of rotatable bonds is 5. The van der Waals surface area contributed by atoms with Gasteiger partial charge in [0.05, 0.1) is 16.4 Å². The summed E-state index contributed by atoms with van der Waals surface area (Å²) in [6, 6.07) is 18.1. The van der Waals surface area contributed by atoms with Crippen molar-refractivity contribution in [3.63, 3.8) is 0 Å². The normalized spacial score (nSPS) is 10.8. The molecule has 1 amide bonds. The number of fused-ring (bicyclic) bond motifs is 1. The zero-order chi connectivity index (χ0) is 19.5. The van der Waals surface area contributed by atoms with Crippen LogP contribution in [0.25, 0.3) is 16.9 Å². The molecule has 0 aliphatic carbocycles. The Labute approximate surface area is 166 Å². The molecule has 4 rings (SSSR count). The molecule has 0 aliphatic heterocycles. The minimum Gasteiger partial charge on any atom is -0.480 e. The largest absolute Gasteiger partial charge is 0.480 e. The van der Waals surface area contributed by atoms with Gasteiger partial charge in [-0.15, -0.1) is 0 Å². The zero-order valence-corrected chi connectivity index (χ0v) is 15.6. The summed E-state index contributed by atoms with van der Waals surface area (Å²) in [6.07, 6.45) is 3.78. The number of carbonyl (C=O) groups is 1. The van der Waals surface area contributed by atoms with Crippen LogP contribution in [0.15, 0.2) is 73.1 Å². The maximum atomic E-state index is 12.2. The minimum absolute atomic E-state index is 0.158. The van der Waals surface area contributed by atoms with Gasteiger partial charge in [-0.05, 0) is 36.4 Å². The number of halogens is 1. The fourth-order valence-electron chi connectivity index (χ4n) is 2.79. The first-order valence-electron chi connectivity index (χ1n) is 8.61. The molecule has 0 atom stereocenters. The fourth-order valence-corrected chi connectivity index (χ4v) is 2.97. The van der Waals surface area contributed by atoms with E-state index in [4.69, 9.17) is 22.1 Å². The number of nitrogens with zero attached hydrogens (tertiary/aromatic N) is 2. The Balaban J connectivity index is 1.51. The van der Waals surface area contributed by atoms with Crippen LogP contribution in [0.4, 0.5) is 11.4 Å². The van der Waals surface area contributed by atoms with Crippen molar-refractivity contribution >= 4 is 34.5 Å². The third-order valence-corrected chi connectivity index (χ3v) is 4.49. The van der Waals surface area contributed by atoms with Crippen LogP contribution in [0.3, 0.4) is 0 Å². The topological polar surface area (TPSA) is 81.6 Å². The van der Waals surface area contributed by atoms with E-state index >= 15 is 0 Å². The molecule has 2 heterocycles. The zero-order valence-electron chi connectivity index (χ0n) is 14.8. The van der Waals surface area contributed by atoms with Crippen molar-refractivity contribution in [1.82, 2.24) is 9.38 Å². The van der Waals surface area contributed by atoms with E-state index < -0.39 is 0 Å². The van der Waals surface area contributed by atoms with Crippen LogP contribution in [0.1, 0.15) is 0 Å². The molecule has 0 spiro atoms. The molecule has 0 bridgehead atoms. The van der Waals surface area contributed by atoms with Crippen molar-refractivity contribution in [3.05, 3.63) is 78.1 Å².